The monoisotopic (exact) mass is 412 g/mol. The van der Waals surface area contributed by atoms with Gasteiger partial charge in [0.05, 0.1) is 5.75 Å². The summed E-state index contributed by atoms with van der Waals surface area (Å²) < 4.78 is 2.03. The van der Waals surface area contributed by atoms with Crippen LogP contribution in [0.5, 0.6) is 0 Å². The second-order valence-corrected chi connectivity index (χ2v) is 6.04. The maximum atomic E-state index is 12.1. The molecule has 21 heavy (non-hydrogen) atoms. The molecule has 5 heteroatoms. The molecule has 1 aliphatic rings. The van der Waals surface area contributed by atoms with Crippen LogP contribution in [0, 0.1) is 0 Å². The molecule has 1 amide bonds. The third kappa shape index (κ3) is 3.77. The number of benzene rings is 1. The van der Waals surface area contributed by atoms with E-state index in [2.05, 4.69) is 24.4 Å². The minimum Gasteiger partial charge on any atom is -1.00 e. The molecule has 2 aromatic rings. The lowest BCUT2D eigenvalue weighted by Gasteiger charge is -2.23. The Morgan fingerprint density at radius 2 is 2.00 bits per heavy atom. The highest BCUT2D eigenvalue weighted by Gasteiger charge is 2.33. The number of thioether (sulfide) groups is 1. The summed E-state index contributed by atoms with van der Waals surface area (Å²) in [4.78, 5) is 14.1. The van der Waals surface area contributed by atoms with E-state index in [4.69, 9.17) is 0 Å². The van der Waals surface area contributed by atoms with Gasteiger partial charge in [0.2, 0.25) is 5.91 Å². The van der Waals surface area contributed by atoms with E-state index in [1.807, 2.05) is 47.0 Å². The lowest BCUT2D eigenvalue weighted by Crippen LogP contribution is -3.00. The molecule has 1 atom stereocenters. The fraction of sp³-hybridized carbons (Fsp3) is 0.250. The molecule has 1 saturated heterocycles. The molecule has 0 aliphatic carbocycles. The Kier molecular flexibility index (Phi) is 5.64. The molecule has 0 N–H and O–H groups in total. The van der Waals surface area contributed by atoms with Crippen molar-refractivity contribution in [3.05, 3.63) is 66.0 Å². The largest absolute Gasteiger partial charge is 1.00 e. The van der Waals surface area contributed by atoms with Crippen molar-refractivity contribution in [2.75, 3.05) is 5.75 Å². The van der Waals surface area contributed by atoms with Gasteiger partial charge in [-0.25, -0.2) is 4.57 Å². The number of aromatic nitrogens is 1. The van der Waals surface area contributed by atoms with Gasteiger partial charge in [0.25, 0.3) is 0 Å². The van der Waals surface area contributed by atoms with E-state index >= 15 is 0 Å². The summed E-state index contributed by atoms with van der Waals surface area (Å²) >= 11 is 1.70. The van der Waals surface area contributed by atoms with Crippen molar-refractivity contribution in [3.63, 3.8) is 0 Å². The highest BCUT2D eigenvalue weighted by atomic mass is 127. The Labute approximate surface area is 146 Å². The number of pyridine rings is 1. The first-order chi connectivity index (χ1) is 9.74. The van der Waals surface area contributed by atoms with Crippen LogP contribution in [0.1, 0.15) is 16.5 Å². The second-order valence-electron chi connectivity index (χ2n) is 4.97. The van der Waals surface area contributed by atoms with Gasteiger partial charge in [-0.1, -0.05) is 30.3 Å². The highest BCUT2D eigenvalue weighted by molar-refractivity contribution is 8.00. The van der Waals surface area contributed by atoms with Crippen LogP contribution in [-0.2, 0) is 18.4 Å². The summed E-state index contributed by atoms with van der Waals surface area (Å²) in [6, 6.07) is 14.3. The molecular weight excluding hydrogens is 395 g/mol. The fourth-order valence-electron chi connectivity index (χ4n) is 2.44. The Morgan fingerprint density at radius 1 is 1.24 bits per heavy atom. The van der Waals surface area contributed by atoms with E-state index in [-0.39, 0.29) is 35.3 Å². The molecule has 1 unspecified atom stereocenters. The number of hydrogen-bond donors (Lipinski definition) is 0. The van der Waals surface area contributed by atoms with Crippen LogP contribution >= 0.6 is 11.8 Å². The quantitative estimate of drug-likeness (QED) is 0.492. The van der Waals surface area contributed by atoms with Gasteiger partial charge < -0.3 is 28.9 Å². The first kappa shape index (κ1) is 16.3. The molecule has 110 valence electrons. The second kappa shape index (κ2) is 7.26. The number of aryl methyl sites for hydroxylation is 1. The zero-order valence-corrected chi connectivity index (χ0v) is 14.8. The summed E-state index contributed by atoms with van der Waals surface area (Å²) in [5.74, 6) is 0.784. The van der Waals surface area contributed by atoms with Gasteiger partial charge in [0.1, 0.15) is 12.4 Å². The number of rotatable bonds is 3. The van der Waals surface area contributed by atoms with E-state index in [9.17, 15) is 4.79 Å². The smallest absolute Gasteiger partial charge is 0.234 e. The van der Waals surface area contributed by atoms with Crippen LogP contribution in [0.2, 0.25) is 0 Å². The topological polar surface area (TPSA) is 24.2 Å². The summed E-state index contributed by atoms with van der Waals surface area (Å²) in [6.07, 6.45) is 4.10. The van der Waals surface area contributed by atoms with Crippen LogP contribution in [0.4, 0.5) is 0 Å². The van der Waals surface area contributed by atoms with Gasteiger partial charge in [-0.2, -0.15) is 0 Å². The normalized spacial score (nSPS) is 17.7. The summed E-state index contributed by atoms with van der Waals surface area (Å²) in [5, 5.41) is 0.120. The number of carbonyl (C=O) groups excluding carboxylic acids is 1. The summed E-state index contributed by atoms with van der Waals surface area (Å²) in [7, 11) is 2.01. The standard InChI is InChI=1S/C16H17N2OS.HI/c1-17-9-5-8-14(11-17)16-18(15(19)12-20-16)10-13-6-3-2-4-7-13;/h2-9,11,16H,10,12H2,1H3;1H/q+1;/p-1. The molecule has 1 fully saturated rings. The molecule has 0 spiro atoms. The summed E-state index contributed by atoms with van der Waals surface area (Å²) in [5.41, 5.74) is 2.36. The zero-order chi connectivity index (χ0) is 13.9. The van der Waals surface area contributed by atoms with Crippen LogP contribution < -0.4 is 28.5 Å². The minimum atomic E-state index is 0. The fourth-order valence-corrected chi connectivity index (χ4v) is 3.61. The van der Waals surface area contributed by atoms with Gasteiger partial charge in [-0.05, 0) is 11.6 Å². The van der Waals surface area contributed by atoms with Crippen LogP contribution in [0.3, 0.4) is 0 Å². The average molecular weight is 412 g/mol. The molecule has 2 heterocycles. The molecule has 0 saturated carbocycles. The molecule has 0 bridgehead atoms. The maximum absolute atomic E-state index is 12.1. The van der Waals surface area contributed by atoms with Gasteiger partial charge in [0, 0.05) is 18.2 Å². The first-order valence-corrected chi connectivity index (χ1v) is 7.69. The molecule has 3 rings (SSSR count). The molecule has 3 nitrogen and oxygen atoms in total. The third-order valence-electron chi connectivity index (χ3n) is 3.41. The number of hydrogen-bond acceptors (Lipinski definition) is 2. The van der Waals surface area contributed by atoms with Gasteiger partial charge in [-0.15, -0.1) is 11.8 Å². The predicted octanol–water partition coefficient (Wildman–Crippen LogP) is -0.711. The Bertz CT molecular complexity index is 621. The van der Waals surface area contributed by atoms with Crippen LogP contribution in [0.15, 0.2) is 54.9 Å². The minimum absolute atomic E-state index is 0. The highest BCUT2D eigenvalue weighted by Crippen LogP contribution is 2.38. The lowest BCUT2D eigenvalue weighted by molar-refractivity contribution is -0.672. The predicted molar refractivity (Wildman–Crippen MR) is 79.8 cm³/mol. The van der Waals surface area contributed by atoms with Crippen molar-refractivity contribution in [1.82, 2.24) is 4.90 Å². The molecular formula is C16H17IN2OS. The van der Waals surface area contributed by atoms with Crippen LogP contribution in [-0.4, -0.2) is 16.6 Å². The van der Waals surface area contributed by atoms with Crippen LogP contribution in [0.25, 0.3) is 0 Å². The molecule has 0 radical (unpaired) electrons. The maximum Gasteiger partial charge on any atom is 0.234 e. The van der Waals surface area contributed by atoms with E-state index < -0.39 is 0 Å². The molecule has 1 aliphatic heterocycles. The number of nitrogens with zero attached hydrogens (tertiary/aromatic N) is 2. The zero-order valence-electron chi connectivity index (χ0n) is 11.8. The van der Waals surface area contributed by atoms with E-state index in [1.54, 1.807) is 11.8 Å². The number of amides is 1. The molecule has 1 aromatic heterocycles. The van der Waals surface area contributed by atoms with Crippen molar-refractivity contribution in [2.24, 2.45) is 7.05 Å². The lowest BCUT2D eigenvalue weighted by atomic mass is 10.2. The Hall–Kier alpha value is -1.08. The van der Waals surface area contributed by atoms with Gasteiger partial charge >= 0.3 is 0 Å². The van der Waals surface area contributed by atoms with Crippen molar-refractivity contribution < 1.29 is 33.3 Å². The Morgan fingerprint density at radius 3 is 2.71 bits per heavy atom. The SMILES string of the molecule is C[n+]1cccc(C2SCC(=O)N2Cc2ccccc2)c1.[I-]. The first-order valence-electron chi connectivity index (χ1n) is 6.64. The van der Waals surface area contributed by atoms with E-state index in [0.29, 0.717) is 12.3 Å². The summed E-state index contributed by atoms with van der Waals surface area (Å²) in [6.45, 7) is 0.677. The van der Waals surface area contributed by atoms with Gasteiger partial charge in [-0.3, -0.25) is 4.79 Å². The third-order valence-corrected chi connectivity index (χ3v) is 4.67. The van der Waals surface area contributed by atoms with Crippen molar-refractivity contribution in [1.29, 1.82) is 0 Å². The number of carbonyl (C=O) groups is 1. The average Bonchev–Trinajstić information content (AvgIpc) is 2.82. The van der Waals surface area contributed by atoms with Crippen molar-refractivity contribution in [2.45, 2.75) is 11.9 Å². The van der Waals surface area contributed by atoms with E-state index in [1.165, 1.54) is 11.1 Å². The molecule has 1 aromatic carbocycles. The van der Waals surface area contributed by atoms with E-state index in [0.717, 1.165) is 0 Å². The van der Waals surface area contributed by atoms with Crippen molar-refractivity contribution >= 4 is 17.7 Å². The van der Waals surface area contributed by atoms with Gasteiger partial charge in [0.15, 0.2) is 12.4 Å². The van der Waals surface area contributed by atoms with Crippen molar-refractivity contribution in [3.8, 4) is 0 Å². The Balaban J connectivity index is 0.00000161. The number of halogens is 1.